The molecule has 0 spiro atoms. The lowest BCUT2D eigenvalue weighted by atomic mass is 9.92. The molecule has 0 bridgehead atoms. The number of carbonyl (C=O) groups is 2. The van der Waals surface area contributed by atoms with Crippen molar-refractivity contribution in [2.45, 2.75) is 38.1 Å². The Morgan fingerprint density at radius 2 is 1.67 bits per heavy atom. The molecule has 1 unspecified atom stereocenters. The standard InChI is InChI=1S/C16H22N2O3/c1-16(14(19)20,13-9-5-4-6-10-13)17-15(21)18-11-7-2-3-8-12-18/h4-6,9-10H,2-3,7-8,11-12H2,1H3,(H,17,21)(H,19,20). The maximum absolute atomic E-state index is 12.4. The maximum Gasteiger partial charge on any atom is 0.333 e. The second-order valence-corrected chi connectivity index (χ2v) is 5.63. The van der Waals surface area contributed by atoms with E-state index in [0.29, 0.717) is 18.7 Å². The highest BCUT2D eigenvalue weighted by atomic mass is 16.4. The lowest BCUT2D eigenvalue weighted by Gasteiger charge is -2.30. The second-order valence-electron chi connectivity index (χ2n) is 5.63. The van der Waals surface area contributed by atoms with Gasteiger partial charge in [-0.2, -0.15) is 0 Å². The van der Waals surface area contributed by atoms with Gasteiger partial charge in [0.2, 0.25) is 0 Å². The van der Waals surface area contributed by atoms with Gasteiger partial charge in [0.1, 0.15) is 0 Å². The minimum Gasteiger partial charge on any atom is -0.479 e. The number of rotatable bonds is 3. The Kier molecular flexibility index (Phi) is 4.83. The van der Waals surface area contributed by atoms with Crippen molar-refractivity contribution < 1.29 is 14.7 Å². The number of carboxylic acids is 1. The van der Waals surface area contributed by atoms with E-state index in [9.17, 15) is 14.7 Å². The quantitative estimate of drug-likeness (QED) is 0.899. The van der Waals surface area contributed by atoms with Crippen LogP contribution in [0.3, 0.4) is 0 Å². The van der Waals surface area contributed by atoms with Gasteiger partial charge < -0.3 is 15.3 Å². The fraction of sp³-hybridized carbons (Fsp3) is 0.500. The predicted molar refractivity (Wildman–Crippen MR) is 80.0 cm³/mol. The number of likely N-dealkylation sites (tertiary alicyclic amines) is 1. The number of nitrogens with one attached hydrogen (secondary N) is 1. The fourth-order valence-electron chi connectivity index (χ4n) is 2.59. The van der Waals surface area contributed by atoms with Crippen molar-refractivity contribution in [2.24, 2.45) is 0 Å². The number of carboxylic acid groups (broad SMARTS) is 1. The first kappa shape index (κ1) is 15.4. The van der Waals surface area contributed by atoms with Crippen molar-refractivity contribution in [1.29, 1.82) is 0 Å². The summed E-state index contributed by atoms with van der Waals surface area (Å²) in [6.07, 6.45) is 4.20. The lowest BCUT2D eigenvalue weighted by molar-refractivity contribution is -0.144. The molecule has 1 heterocycles. The zero-order chi connectivity index (χ0) is 15.3. The van der Waals surface area contributed by atoms with Crippen molar-refractivity contribution in [3.8, 4) is 0 Å². The Bertz CT molecular complexity index is 496. The van der Waals surface area contributed by atoms with E-state index >= 15 is 0 Å². The predicted octanol–water partition coefficient (Wildman–Crippen LogP) is 2.57. The van der Waals surface area contributed by atoms with Gasteiger partial charge in [0.05, 0.1) is 0 Å². The first-order valence-corrected chi connectivity index (χ1v) is 7.40. The summed E-state index contributed by atoms with van der Waals surface area (Å²) in [7, 11) is 0. The molecule has 1 saturated heterocycles. The number of nitrogens with zero attached hydrogens (tertiary/aromatic N) is 1. The molecule has 5 nitrogen and oxygen atoms in total. The third-order valence-electron chi connectivity index (χ3n) is 4.03. The van der Waals surface area contributed by atoms with Crippen LogP contribution in [0.2, 0.25) is 0 Å². The fourth-order valence-corrected chi connectivity index (χ4v) is 2.59. The number of benzene rings is 1. The second kappa shape index (κ2) is 6.61. The summed E-state index contributed by atoms with van der Waals surface area (Å²) < 4.78 is 0. The van der Waals surface area contributed by atoms with Crippen LogP contribution in [0, 0.1) is 0 Å². The maximum atomic E-state index is 12.4. The topological polar surface area (TPSA) is 69.6 Å². The van der Waals surface area contributed by atoms with E-state index in [1.54, 1.807) is 29.2 Å². The Labute approximate surface area is 125 Å². The molecule has 0 radical (unpaired) electrons. The van der Waals surface area contributed by atoms with Gasteiger partial charge >= 0.3 is 12.0 Å². The average molecular weight is 290 g/mol. The van der Waals surface area contributed by atoms with Crippen molar-refractivity contribution in [2.75, 3.05) is 13.1 Å². The van der Waals surface area contributed by atoms with Crippen LogP contribution in [-0.2, 0) is 10.3 Å². The minimum absolute atomic E-state index is 0.300. The number of aliphatic carboxylic acids is 1. The molecule has 2 N–H and O–H groups in total. The summed E-state index contributed by atoms with van der Waals surface area (Å²) in [5.74, 6) is -1.06. The summed E-state index contributed by atoms with van der Waals surface area (Å²) in [5, 5.41) is 12.2. The SMILES string of the molecule is CC(NC(=O)N1CCCCCC1)(C(=O)O)c1ccccc1. The monoisotopic (exact) mass is 290 g/mol. The third kappa shape index (κ3) is 3.54. The first-order chi connectivity index (χ1) is 10.0. The minimum atomic E-state index is -1.41. The lowest BCUT2D eigenvalue weighted by Crippen LogP contribution is -2.54. The largest absolute Gasteiger partial charge is 0.479 e. The molecule has 2 amide bonds. The van der Waals surface area contributed by atoms with E-state index in [4.69, 9.17) is 0 Å². The zero-order valence-corrected chi connectivity index (χ0v) is 12.3. The number of hydrogen-bond donors (Lipinski definition) is 2. The molecule has 0 aliphatic carbocycles. The van der Waals surface area contributed by atoms with Crippen LogP contribution in [0.25, 0.3) is 0 Å². The van der Waals surface area contributed by atoms with Gasteiger partial charge in [0.15, 0.2) is 5.54 Å². The van der Waals surface area contributed by atoms with E-state index < -0.39 is 11.5 Å². The van der Waals surface area contributed by atoms with Crippen LogP contribution in [0.4, 0.5) is 4.79 Å². The van der Waals surface area contributed by atoms with Crippen LogP contribution in [0.15, 0.2) is 30.3 Å². The van der Waals surface area contributed by atoms with Crippen molar-refractivity contribution in [3.63, 3.8) is 0 Å². The van der Waals surface area contributed by atoms with Crippen LogP contribution >= 0.6 is 0 Å². The van der Waals surface area contributed by atoms with Crippen LogP contribution in [0.5, 0.6) is 0 Å². The molecular formula is C16H22N2O3. The normalized spacial score (nSPS) is 18.4. The van der Waals surface area contributed by atoms with Gasteiger partial charge in [0, 0.05) is 13.1 Å². The van der Waals surface area contributed by atoms with E-state index in [1.165, 1.54) is 6.92 Å². The highest BCUT2D eigenvalue weighted by Gasteiger charge is 2.37. The van der Waals surface area contributed by atoms with Crippen LogP contribution in [-0.4, -0.2) is 35.1 Å². The van der Waals surface area contributed by atoms with E-state index in [1.807, 2.05) is 6.07 Å². The number of urea groups is 1. The molecule has 1 fully saturated rings. The molecule has 0 aromatic heterocycles. The molecule has 1 aromatic carbocycles. The molecule has 5 heteroatoms. The van der Waals surface area contributed by atoms with Crippen LogP contribution < -0.4 is 5.32 Å². The molecule has 1 aliphatic rings. The van der Waals surface area contributed by atoms with Crippen LogP contribution in [0.1, 0.15) is 38.2 Å². The Hall–Kier alpha value is -2.04. The number of carbonyl (C=O) groups excluding carboxylic acids is 1. The third-order valence-corrected chi connectivity index (χ3v) is 4.03. The van der Waals surface area contributed by atoms with Gasteiger partial charge in [-0.05, 0) is 25.3 Å². The summed E-state index contributed by atoms with van der Waals surface area (Å²) >= 11 is 0. The molecule has 1 aromatic rings. The van der Waals surface area contributed by atoms with Crippen molar-refractivity contribution in [3.05, 3.63) is 35.9 Å². The summed E-state index contributed by atoms with van der Waals surface area (Å²) in [5.41, 5.74) is -0.842. The van der Waals surface area contributed by atoms with E-state index in [-0.39, 0.29) is 6.03 Å². The molecule has 114 valence electrons. The molecule has 1 aliphatic heterocycles. The number of hydrogen-bond acceptors (Lipinski definition) is 2. The van der Waals surface area contributed by atoms with Crippen molar-refractivity contribution in [1.82, 2.24) is 10.2 Å². The Morgan fingerprint density at radius 3 is 2.19 bits per heavy atom. The van der Waals surface area contributed by atoms with Crippen molar-refractivity contribution >= 4 is 12.0 Å². The zero-order valence-electron chi connectivity index (χ0n) is 12.3. The van der Waals surface area contributed by atoms with E-state index in [0.717, 1.165) is 25.7 Å². The number of amides is 2. The summed E-state index contributed by atoms with van der Waals surface area (Å²) in [6.45, 7) is 2.91. The highest BCUT2D eigenvalue weighted by Crippen LogP contribution is 2.22. The van der Waals surface area contributed by atoms with Gasteiger partial charge in [-0.25, -0.2) is 9.59 Å². The first-order valence-electron chi connectivity index (χ1n) is 7.40. The summed E-state index contributed by atoms with van der Waals surface area (Å²) in [6, 6.07) is 8.50. The van der Waals surface area contributed by atoms with Gasteiger partial charge in [0.25, 0.3) is 0 Å². The van der Waals surface area contributed by atoms with Gasteiger partial charge in [-0.15, -0.1) is 0 Å². The highest BCUT2D eigenvalue weighted by molar-refractivity contribution is 5.87. The Morgan fingerprint density at radius 1 is 1.10 bits per heavy atom. The average Bonchev–Trinajstić information content (AvgIpc) is 2.77. The molecular weight excluding hydrogens is 268 g/mol. The van der Waals surface area contributed by atoms with Gasteiger partial charge in [-0.3, -0.25) is 0 Å². The molecule has 0 saturated carbocycles. The summed E-state index contributed by atoms with van der Waals surface area (Å²) in [4.78, 5) is 25.8. The van der Waals surface area contributed by atoms with Gasteiger partial charge in [-0.1, -0.05) is 43.2 Å². The Balaban J connectivity index is 2.16. The molecule has 2 rings (SSSR count). The molecule has 1 atom stereocenters. The van der Waals surface area contributed by atoms with E-state index in [2.05, 4.69) is 5.32 Å². The molecule has 21 heavy (non-hydrogen) atoms. The smallest absolute Gasteiger partial charge is 0.333 e.